The molecule has 1 aromatic heterocycles. The average Bonchev–Trinajstić information content (AvgIpc) is 3.28. The van der Waals surface area contributed by atoms with E-state index < -0.39 is 0 Å². The van der Waals surface area contributed by atoms with Crippen LogP contribution in [0.3, 0.4) is 0 Å². The number of rotatable bonds is 5. The quantitative estimate of drug-likeness (QED) is 0.710. The SMILES string of the molecule is CCOC1=CC=C(C(=O)N2CCC3(CC2)Nc2cc(OC)ccc2-n2cccc23)C=C(OC)C1. The molecule has 0 saturated carbocycles. The van der Waals surface area contributed by atoms with Gasteiger partial charge in [-0.05, 0) is 62.3 Å². The molecule has 34 heavy (non-hydrogen) atoms. The number of carbonyl (C=O) groups excluding carboxylic acids is 1. The molecule has 7 heteroatoms. The Labute approximate surface area is 200 Å². The van der Waals surface area contributed by atoms with Crippen molar-refractivity contribution in [3.05, 3.63) is 77.5 Å². The van der Waals surface area contributed by atoms with E-state index in [1.165, 1.54) is 5.69 Å². The van der Waals surface area contributed by atoms with Gasteiger partial charge in [-0.3, -0.25) is 4.79 Å². The highest BCUT2D eigenvalue weighted by Crippen LogP contribution is 2.44. The smallest absolute Gasteiger partial charge is 0.253 e. The summed E-state index contributed by atoms with van der Waals surface area (Å²) < 4.78 is 18.9. The Bertz CT molecular complexity index is 1180. The maximum Gasteiger partial charge on any atom is 0.253 e. The number of likely N-dealkylation sites (tertiary alicyclic amines) is 1. The molecule has 1 aliphatic carbocycles. The number of hydrogen-bond acceptors (Lipinski definition) is 5. The average molecular weight is 462 g/mol. The molecular formula is C27H31N3O4. The van der Waals surface area contributed by atoms with Crippen molar-refractivity contribution < 1.29 is 19.0 Å². The molecule has 1 saturated heterocycles. The fourth-order valence-electron chi connectivity index (χ4n) is 5.15. The number of amides is 1. The fourth-order valence-corrected chi connectivity index (χ4v) is 5.15. The van der Waals surface area contributed by atoms with Crippen LogP contribution in [0, 0.1) is 0 Å². The molecule has 1 spiro atoms. The van der Waals surface area contributed by atoms with Crippen LogP contribution in [0.1, 0.15) is 31.9 Å². The van der Waals surface area contributed by atoms with Gasteiger partial charge in [0.2, 0.25) is 0 Å². The van der Waals surface area contributed by atoms with Crippen molar-refractivity contribution in [1.82, 2.24) is 9.47 Å². The Hall–Kier alpha value is -3.61. The van der Waals surface area contributed by atoms with E-state index in [2.05, 4.69) is 34.3 Å². The van der Waals surface area contributed by atoms with E-state index in [0.717, 1.165) is 41.5 Å². The van der Waals surface area contributed by atoms with E-state index in [-0.39, 0.29) is 11.4 Å². The molecule has 0 unspecified atom stereocenters. The van der Waals surface area contributed by atoms with E-state index in [1.54, 1.807) is 14.2 Å². The second-order valence-corrected chi connectivity index (χ2v) is 8.83. The van der Waals surface area contributed by atoms with Gasteiger partial charge in [-0.1, -0.05) is 0 Å². The van der Waals surface area contributed by atoms with Crippen molar-refractivity contribution in [2.45, 2.75) is 31.7 Å². The zero-order valence-corrected chi connectivity index (χ0v) is 20.0. The van der Waals surface area contributed by atoms with Gasteiger partial charge in [0.1, 0.15) is 17.3 Å². The van der Waals surface area contributed by atoms with Gasteiger partial charge in [0.15, 0.2) is 0 Å². The Morgan fingerprint density at radius 3 is 2.65 bits per heavy atom. The summed E-state index contributed by atoms with van der Waals surface area (Å²) in [7, 11) is 3.31. The lowest BCUT2D eigenvalue weighted by Gasteiger charge is -2.46. The lowest BCUT2D eigenvalue weighted by atomic mass is 9.82. The van der Waals surface area contributed by atoms with E-state index in [1.807, 2.05) is 42.2 Å². The topological polar surface area (TPSA) is 65.0 Å². The number of nitrogens with one attached hydrogen (secondary N) is 1. The Morgan fingerprint density at radius 2 is 1.91 bits per heavy atom. The Balaban J connectivity index is 1.37. The van der Waals surface area contributed by atoms with Gasteiger partial charge in [0.25, 0.3) is 5.91 Å². The van der Waals surface area contributed by atoms with E-state index in [4.69, 9.17) is 14.2 Å². The van der Waals surface area contributed by atoms with Crippen molar-refractivity contribution in [3.8, 4) is 11.4 Å². The van der Waals surface area contributed by atoms with Crippen LogP contribution >= 0.6 is 0 Å². The molecule has 0 radical (unpaired) electrons. The molecule has 3 aliphatic rings. The summed E-state index contributed by atoms with van der Waals surface area (Å²) in [4.78, 5) is 15.4. The van der Waals surface area contributed by atoms with Crippen LogP contribution in [-0.4, -0.2) is 49.3 Å². The number of benzene rings is 1. The molecule has 1 fully saturated rings. The monoisotopic (exact) mass is 461 g/mol. The van der Waals surface area contributed by atoms with Gasteiger partial charge in [0, 0.05) is 36.6 Å². The summed E-state index contributed by atoms with van der Waals surface area (Å²) in [5.41, 5.74) is 3.79. The second kappa shape index (κ2) is 8.97. The maximum atomic E-state index is 13.4. The number of fused-ring (bicyclic) bond motifs is 4. The first-order valence-corrected chi connectivity index (χ1v) is 11.8. The van der Waals surface area contributed by atoms with Crippen LogP contribution in [0.25, 0.3) is 5.69 Å². The molecule has 1 N–H and O–H groups in total. The number of methoxy groups -OCH3 is 2. The summed E-state index contributed by atoms with van der Waals surface area (Å²) in [5, 5.41) is 3.80. The molecule has 2 aromatic rings. The summed E-state index contributed by atoms with van der Waals surface area (Å²) in [5.74, 6) is 2.37. The van der Waals surface area contributed by atoms with Crippen molar-refractivity contribution >= 4 is 11.6 Å². The third kappa shape index (κ3) is 3.85. The van der Waals surface area contributed by atoms with Crippen LogP contribution in [0.15, 0.2) is 71.8 Å². The minimum absolute atomic E-state index is 0.0201. The Morgan fingerprint density at radius 1 is 1.09 bits per heavy atom. The normalized spacial score (nSPS) is 18.4. The molecule has 1 amide bonds. The van der Waals surface area contributed by atoms with E-state index in [9.17, 15) is 4.79 Å². The van der Waals surface area contributed by atoms with Gasteiger partial charge >= 0.3 is 0 Å². The van der Waals surface area contributed by atoms with Crippen molar-refractivity contribution in [2.75, 3.05) is 39.2 Å². The number of allylic oxidation sites excluding steroid dienone is 2. The second-order valence-electron chi connectivity index (χ2n) is 8.83. The highest BCUT2D eigenvalue weighted by molar-refractivity contribution is 5.97. The summed E-state index contributed by atoms with van der Waals surface area (Å²) >= 11 is 0. The van der Waals surface area contributed by atoms with Crippen molar-refractivity contribution in [3.63, 3.8) is 0 Å². The maximum absolute atomic E-state index is 13.4. The largest absolute Gasteiger partial charge is 0.501 e. The number of piperidine rings is 1. The van der Waals surface area contributed by atoms with Crippen molar-refractivity contribution in [1.29, 1.82) is 0 Å². The van der Waals surface area contributed by atoms with Gasteiger partial charge in [0.05, 0.1) is 44.2 Å². The first kappa shape index (κ1) is 22.2. The Kier molecular flexibility index (Phi) is 5.86. The standard InChI is InChI=1S/C27H31N3O4/c1-4-34-21-8-7-19(16-22(17-21)33-3)26(31)29-14-11-27(12-15-29)25-6-5-13-30(25)24-10-9-20(32-2)18-23(24)28-27/h5-10,13,16,18,28H,4,11-12,14-15,17H2,1-3H3. The third-order valence-corrected chi connectivity index (χ3v) is 6.93. The lowest BCUT2D eigenvalue weighted by Crippen LogP contribution is -2.51. The molecule has 178 valence electrons. The number of ether oxygens (including phenoxy) is 3. The van der Waals surface area contributed by atoms with E-state index in [0.29, 0.717) is 31.7 Å². The summed E-state index contributed by atoms with van der Waals surface area (Å²) in [6.07, 6.45) is 9.84. The highest BCUT2D eigenvalue weighted by Gasteiger charge is 2.42. The first-order chi connectivity index (χ1) is 16.6. The first-order valence-electron chi connectivity index (χ1n) is 11.8. The molecular weight excluding hydrogens is 430 g/mol. The molecule has 5 rings (SSSR count). The lowest BCUT2D eigenvalue weighted by molar-refractivity contribution is -0.128. The number of nitrogens with zero attached hydrogens (tertiary/aromatic N) is 2. The minimum Gasteiger partial charge on any atom is -0.501 e. The van der Waals surface area contributed by atoms with Gasteiger partial charge in [-0.15, -0.1) is 0 Å². The predicted octanol–water partition coefficient (Wildman–Crippen LogP) is 4.51. The predicted molar refractivity (Wildman–Crippen MR) is 131 cm³/mol. The van der Waals surface area contributed by atoms with Gasteiger partial charge < -0.3 is 29.0 Å². The van der Waals surface area contributed by atoms with Crippen LogP contribution in [0.2, 0.25) is 0 Å². The minimum atomic E-state index is -0.229. The zero-order chi connectivity index (χ0) is 23.7. The van der Waals surface area contributed by atoms with Crippen LogP contribution in [0.5, 0.6) is 5.75 Å². The zero-order valence-electron chi connectivity index (χ0n) is 20.0. The summed E-state index contributed by atoms with van der Waals surface area (Å²) in [6.45, 7) is 3.85. The van der Waals surface area contributed by atoms with Gasteiger partial charge in [-0.2, -0.15) is 0 Å². The molecule has 1 aromatic carbocycles. The van der Waals surface area contributed by atoms with Crippen LogP contribution < -0.4 is 10.1 Å². The number of carbonyl (C=O) groups is 1. The van der Waals surface area contributed by atoms with Gasteiger partial charge in [-0.25, -0.2) is 0 Å². The highest BCUT2D eigenvalue weighted by atomic mass is 16.5. The van der Waals surface area contributed by atoms with E-state index >= 15 is 0 Å². The van der Waals surface area contributed by atoms with Crippen molar-refractivity contribution in [2.24, 2.45) is 0 Å². The fraction of sp³-hybridized carbons (Fsp3) is 0.370. The molecule has 2 aliphatic heterocycles. The van der Waals surface area contributed by atoms with Crippen LogP contribution in [-0.2, 0) is 19.8 Å². The molecule has 3 heterocycles. The molecule has 7 nitrogen and oxygen atoms in total. The summed E-state index contributed by atoms with van der Waals surface area (Å²) in [6, 6.07) is 10.4. The molecule has 0 atom stereocenters. The number of hydrogen-bond donors (Lipinski definition) is 1. The molecule has 0 bridgehead atoms. The third-order valence-electron chi connectivity index (χ3n) is 6.93. The number of aromatic nitrogens is 1. The van der Waals surface area contributed by atoms with Crippen LogP contribution in [0.4, 0.5) is 5.69 Å². The number of anilines is 1.